The molecule has 4 aromatic rings. The molecule has 182 valence electrons. The van der Waals surface area contributed by atoms with Gasteiger partial charge in [0.05, 0.1) is 6.54 Å². The van der Waals surface area contributed by atoms with E-state index in [0.29, 0.717) is 19.6 Å². The molecular formula is C30H32FNO2S. The Bertz CT molecular complexity index is 1050. The summed E-state index contributed by atoms with van der Waals surface area (Å²) in [7, 11) is 0. The molecule has 35 heavy (non-hydrogen) atoms. The quantitative estimate of drug-likeness (QED) is 0.161. The molecule has 0 bridgehead atoms. The summed E-state index contributed by atoms with van der Waals surface area (Å²) >= 11 is 1.80. The fourth-order valence-corrected chi connectivity index (χ4v) is 3.58. The molecule has 0 atom stereocenters. The Kier molecular flexibility index (Phi) is 13.4. The maximum Gasteiger partial charge on any atom is 0.207 e. The van der Waals surface area contributed by atoms with Gasteiger partial charge in [-0.2, -0.15) is 0 Å². The lowest BCUT2D eigenvalue weighted by molar-refractivity contribution is -0.109. The van der Waals surface area contributed by atoms with Gasteiger partial charge in [-0.1, -0.05) is 83.9 Å². The average Bonchev–Trinajstić information content (AvgIpc) is 2.90. The molecule has 0 saturated heterocycles. The monoisotopic (exact) mass is 489 g/mol. The third kappa shape index (κ3) is 13.0. The molecule has 3 nitrogen and oxygen atoms in total. The number of hydrogen-bond acceptors (Lipinski definition) is 3. The van der Waals surface area contributed by atoms with Gasteiger partial charge in [0.15, 0.2) is 0 Å². The van der Waals surface area contributed by atoms with E-state index in [1.807, 2.05) is 43.3 Å². The minimum absolute atomic E-state index is 0.171. The number of thioether (sulfide) groups is 1. The summed E-state index contributed by atoms with van der Waals surface area (Å²) in [6, 6.07) is 35.1. The van der Waals surface area contributed by atoms with E-state index in [-0.39, 0.29) is 5.82 Å². The van der Waals surface area contributed by atoms with E-state index < -0.39 is 0 Å². The van der Waals surface area contributed by atoms with Gasteiger partial charge in [0.25, 0.3) is 0 Å². The van der Waals surface area contributed by atoms with Crippen molar-refractivity contribution in [3.63, 3.8) is 0 Å². The second-order valence-corrected chi connectivity index (χ2v) is 8.67. The molecule has 0 fully saturated rings. The molecule has 4 rings (SSSR count). The lowest BCUT2D eigenvalue weighted by Crippen LogP contribution is -2.18. The van der Waals surface area contributed by atoms with Crippen molar-refractivity contribution in [1.29, 1.82) is 0 Å². The van der Waals surface area contributed by atoms with Gasteiger partial charge in [0.2, 0.25) is 6.41 Å². The molecule has 0 aliphatic heterocycles. The maximum absolute atomic E-state index is 12.1. The van der Waals surface area contributed by atoms with E-state index in [1.54, 1.807) is 23.9 Å². The molecule has 0 unspecified atom stereocenters. The predicted octanol–water partition coefficient (Wildman–Crippen LogP) is 7.23. The average molecular weight is 490 g/mol. The van der Waals surface area contributed by atoms with Crippen LogP contribution in [0.2, 0.25) is 0 Å². The number of benzene rings is 4. The number of ether oxygens (including phenoxy) is 1. The van der Waals surface area contributed by atoms with Crippen molar-refractivity contribution < 1.29 is 13.9 Å². The minimum Gasteiger partial charge on any atom is -0.492 e. The van der Waals surface area contributed by atoms with Crippen LogP contribution in [0.3, 0.4) is 0 Å². The first-order valence-corrected chi connectivity index (χ1v) is 12.4. The van der Waals surface area contributed by atoms with E-state index in [4.69, 9.17) is 4.74 Å². The van der Waals surface area contributed by atoms with Gasteiger partial charge in [-0.05, 0) is 55.8 Å². The van der Waals surface area contributed by atoms with Crippen LogP contribution >= 0.6 is 11.8 Å². The van der Waals surface area contributed by atoms with Gasteiger partial charge in [0.1, 0.15) is 18.2 Å². The van der Waals surface area contributed by atoms with E-state index in [2.05, 4.69) is 60.8 Å². The number of hydrogen-bond donors (Lipinski definition) is 1. The fraction of sp³-hybridized carbons (Fsp3) is 0.167. The normalized spacial score (nSPS) is 9.57. The second kappa shape index (κ2) is 17.0. The van der Waals surface area contributed by atoms with E-state index in [1.165, 1.54) is 28.2 Å². The summed E-state index contributed by atoms with van der Waals surface area (Å²) in [6.45, 7) is 5.02. The number of nitrogens with one attached hydrogen (secondary N) is 1. The Morgan fingerprint density at radius 1 is 0.771 bits per heavy atom. The molecule has 0 aliphatic carbocycles. The molecule has 4 aromatic carbocycles. The highest BCUT2D eigenvalue weighted by Crippen LogP contribution is 2.24. The van der Waals surface area contributed by atoms with Gasteiger partial charge in [-0.25, -0.2) is 4.39 Å². The number of aryl methyl sites for hydroxylation is 2. The number of carbonyl (C=O) groups excluding carboxylic acids is 1. The summed E-state index contributed by atoms with van der Waals surface area (Å²) in [5, 5.41) is 2.56. The van der Waals surface area contributed by atoms with Crippen molar-refractivity contribution in [3.05, 3.63) is 132 Å². The third-order valence-electron chi connectivity index (χ3n) is 4.62. The van der Waals surface area contributed by atoms with Crippen molar-refractivity contribution in [1.82, 2.24) is 5.32 Å². The van der Waals surface area contributed by atoms with Crippen LogP contribution in [0.1, 0.15) is 16.7 Å². The molecule has 1 amide bonds. The fourth-order valence-electron chi connectivity index (χ4n) is 2.73. The molecule has 5 heteroatoms. The first-order valence-electron chi connectivity index (χ1n) is 11.4. The van der Waals surface area contributed by atoms with Crippen molar-refractivity contribution in [2.75, 3.05) is 13.2 Å². The molecule has 0 aliphatic rings. The minimum atomic E-state index is -0.171. The highest BCUT2D eigenvalue weighted by atomic mass is 32.2. The van der Waals surface area contributed by atoms with E-state index in [0.717, 1.165) is 17.1 Å². The molecule has 0 spiro atoms. The first kappa shape index (κ1) is 27.7. The molecule has 0 aromatic heterocycles. The zero-order chi connectivity index (χ0) is 25.1. The number of carbonyl (C=O) groups is 1. The zero-order valence-electron chi connectivity index (χ0n) is 20.2. The summed E-state index contributed by atoms with van der Waals surface area (Å²) in [5.74, 6) is 1.61. The standard InChI is InChI=1S/C16H17NO2S.C7H7F.C7H8/c18-13-17-10-11-19-15-6-8-16(9-7-15)20-12-14-4-2-1-3-5-14;1-6-2-4-7(8)5-3-6;1-7-5-3-2-4-6-7/h1-9,13H,10-12H2,(H,17,18);2-5H,1H3;2-6H,1H3. The Morgan fingerprint density at radius 2 is 1.34 bits per heavy atom. The molecular weight excluding hydrogens is 457 g/mol. The Balaban J connectivity index is 0.000000234. The van der Waals surface area contributed by atoms with Gasteiger partial charge >= 0.3 is 0 Å². The molecule has 0 saturated carbocycles. The van der Waals surface area contributed by atoms with Crippen molar-refractivity contribution in [2.24, 2.45) is 0 Å². The lowest BCUT2D eigenvalue weighted by atomic mass is 10.2. The van der Waals surface area contributed by atoms with Crippen molar-refractivity contribution in [2.45, 2.75) is 24.5 Å². The van der Waals surface area contributed by atoms with Crippen LogP contribution in [-0.4, -0.2) is 19.6 Å². The Labute approximate surface area is 212 Å². The highest BCUT2D eigenvalue weighted by Gasteiger charge is 1.98. The summed E-state index contributed by atoms with van der Waals surface area (Å²) in [4.78, 5) is 11.3. The van der Waals surface area contributed by atoms with Gasteiger partial charge < -0.3 is 10.1 Å². The summed E-state index contributed by atoms with van der Waals surface area (Å²) in [6.07, 6.45) is 0.673. The lowest BCUT2D eigenvalue weighted by Gasteiger charge is -2.07. The predicted molar refractivity (Wildman–Crippen MR) is 144 cm³/mol. The van der Waals surface area contributed by atoms with Crippen LogP contribution in [-0.2, 0) is 10.5 Å². The zero-order valence-corrected chi connectivity index (χ0v) is 21.0. The van der Waals surface area contributed by atoms with Crippen molar-refractivity contribution in [3.8, 4) is 5.75 Å². The van der Waals surface area contributed by atoms with Crippen molar-refractivity contribution >= 4 is 18.2 Å². The van der Waals surface area contributed by atoms with Crippen LogP contribution in [0, 0.1) is 19.7 Å². The molecule has 1 N–H and O–H groups in total. The topological polar surface area (TPSA) is 38.3 Å². The van der Waals surface area contributed by atoms with Crippen LogP contribution in [0.15, 0.2) is 114 Å². The number of halogens is 1. The maximum atomic E-state index is 12.1. The largest absolute Gasteiger partial charge is 0.492 e. The molecule has 0 heterocycles. The van der Waals surface area contributed by atoms with E-state index in [9.17, 15) is 9.18 Å². The van der Waals surface area contributed by atoms with Gasteiger partial charge in [-0.15, -0.1) is 11.8 Å². The summed E-state index contributed by atoms with van der Waals surface area (Å²) in [5.41, 5.74) is 3.73. The van der Waals surface area contributed by atoms with Crippen LogP contribution < -0.4 is 10.1 Å². The SMILES string of the molecule is Cc1ccc(F)cc1.Cc1ccccc1.O=CNCCOc1ccc(SCc2ccccc2)cc1. The van der Waals surface area contributed by atoms with Crippen LogP contribution in [0.25, 0.3) is 0 Å². The highest BCUT2D eigenvalue weighted by molar-refractivity contribution is 7.98. The van der Waals surface area contributed by atoms with E-state index >= 15 is 0 Å². The number of amides is 1. The van der Waals surface area contributed by atoms with Gasteiger partial charge in [0, 0.05) is 10.6 Å². The smallest absolute Gasteiger partial charge is 0.207 e. The van der Waals surface area contributed by atoms with Crippen LogP contribution in [0.4, 0.5) is 4.39 Å². The summed E-state index contributed by atoms with van der Waals surface area (Å²) < 4.78 is 17.6. The second-order valence-electron chi connectivity index (χ2n) is 7.62. The third-order valence-corrected chi connectivity index (χ3v) is 5.71. The molecule has 0 radical (unpaired) electrons. The van der Waals surface area contributed by atoms with Crippen LogP contribution in [0.5, 0.6) is 5.75 Å². The van der Waals surface area contributed by atoms with Gasteiger partial charge in [-0.3, -0.25) is 4.79 Å². The first-order chi connectivity index (χ1) is 17.1. The Morgan fingerprint density at radius 3 is 1.86 bits per heavy atom. The number of rotatable bonds is 8. The Hall–Kier alpha value is -3.57.